The maximum atomic E-state index is 12.5. The average molecular weight is 455 g/mol. The van der Waals surface area contributed by atoms with Gasteiger partial charge in [0.25, 0.3) is 15.9 Å². The minimum atomic E-state index is -4.08. The van der Waals surface area contributed by atoms with Gasteiger partial charge in [-0.2, -0.15) is 0 Å². The highest BCUT2D eigenvalue weighted by atomic mass is 35.6. The molecule has 1 fully saturated rings. The highest BCUT2D eigenvalue weighted by Gasteiger charge is 2.43. The molecule has 1 aliphatic heterocycles. The molecule has 1 aromatic rings. The van der Waals surface area contributed by atoms with Crippen molar-refractivity contribution in [1.82, 2.24) is 14.9 Å². The van der Waals surface area contributed by atoms with Crippen molar-refractivity contribution in [2.45, 2.75) is 46.6 Å². The van der Waals surface area contributed by atoms with Gasteiger partial charge in [-0.15, -0.1) is 0 Å². The molecule has 0 radical (unpaired) electrons. The fourth-order valence-electron chi connectivity index (χ4n) is 3.27. The Balaban J connectivity index is 1.72. The Labute approximate surface area is 172 Å². The summed E-state index contributed by atoms with van der Waals surface area (Å²) in [4.78, 5) is 24.7. The number of fused-ring (bicyclic) bond motifs is 1. The van der Waals surface area contributed by atoms with Crippen LogP contribution in [-0.2, 0) is 14.8 Å². The lowest BCUT2D eigenvalue weighted by Crippen LogP contribution is -2.57. The van der Waals surface area contributed by atoms with E-state index in [1.165, 1.54) is 18.2 Å². The van der Waals surface area contributed by atoms with Crippen LogP contribution in [0.15, 0.2) is 29.2 Å². The molecule has 27 heavy (non-hydrogen) atoms. The molecule has 1 atom stereocenters. The largest absolute Gasteiger partial charge is 0.335 e. The number of sulfonamides is 1. The molecule has 0 spiro atoms. The van der Waals surface area contributed by atoms with Gasteiger partial charge in [-0.3, -0.25) is 14.9 Å². The van der Waals surface area contributed by atoms with Crippen LogP contribution >= 0.6 is 34.8 Å². The Kier molecular flexibility index (Phi) is 5.93. The zero-order valence-electron chi connectivity index (χ0n) is 14.1. The van der Waals surface area contributed by atoms with E-state index in [9.17, 15) is 18.0 Å². The number of hydrogen-bond donors (Lipinski definition) is 2. The zero-order valence-corrected chi connectivity index (χ0v) is 17.2. The highest BCUT2D eigenvalue weighted by molar-refractivity contribution is 7.90. The van der Waals surface area contributed by atoms with E-state index in [4.69, 9.17) is 34.8 Å². The molecule has 0 unspecified atom stereocenters. The number of rotatable bonds is 5. The summed E-state index contributed by atoms with van der Waals surface area (Å²) in [6.45, 7) is -0.695. The molecule has 1 heterocycles. The second-order valence-electron chi connectivity index (χ2n) is 6.50. The van der Waals surface area contributed by atoms with E-state index in [1.54, 1.807) is 6.07 Å². The van der Waals surface area contributed by atoms with Crippen molar-refractivity contribution in [1.29, 1.82) is 0 Å². The summed E-state index contributed by atoms with van der Waals surface area (Å²) in [6, 6.07) is 5.88. The van der Waals surface area contributed by atoms with Crippen LogP contribution in [0, 0.1) is 0 Å². The Morgan fingerprint density at radius 3 is 2.44 bits per heavy atom. The summed E-state index contributed by atoms with van der Waals surface area (Å²) < 4.78 is 23.7. The lowest BCUT2D eigenvalue weighted by molar-refractivity contribution is -0.122. The molecule has 0 bridgehead atoms. The summed E-state index contributed by atoms with van der Waals surface area (Å²) in [5.74, 6) is -1.50. The van der Waals surface area contributed by atoms with Crippen molar-refractivity contribution in [3.05, 3.63) is 29.8 Å². The minimum absolute atomic E-state index is 0.0345. The number of amides is 2. The van der Waals surface area contributed by atoms with Crippen molar-refractivity contribution in [2.75, 3.05) is 6.54 Å². The van der Waals surface area contributed by atoms with Crippen molar-refractivity contribution < 1.29 is 18.0 Å². The third-order valence-corrected chi connectivity index (χ3v) is 7.03. The average Bonchev–Trinajstić information content (AvgIpc) is 3.16. The Morgan fingerprint density at radius 1 is 1.22 bits per heavy atom. The van der Waals surface area contributed by atoms with Gasteiger partial charge in [0.2, 0.25) is 9.70 Å². The maximum absolute atomic E-state index is 12.5. The number of carbonyl (C=O) groups is 2. The monoisotopic (exact) mass is 453 g/mol. The van der Waals surface area contributed by atoms with Gasteiger partial charge in [0, 0.05) is 6.04 Å². The number of nitrogens with one attached hydrogen (secondary N) is 2. The normalized spacial score (nSPS) is 20.6. The number of halogens is 3. The summed E-state index contributed by atoms with van der Waals surface area (Å²) >= 11 is 17.9. The number of carbonyl (C=O) groups excluding carboxylic acids is 2. The molecule has 3 rings (SSSR count). The molecular weight excluding hydrogens is 437 g/mol. The first-order valence-electron chi connectivity index (χ1n) is 8.39. The summed E-state index contributed by atoms with van der Waals surface area (Å²) in [5, 5.41) is 5.57. The maximum Gasteiger partial charge on any atom is 0.269 e. The van der Waals surface area contributed by atoms with Crippen molar-refractivity contribution in [3.8, 4) is 0 Å². The molecule has 148 valence electrons. The first kappa shape index (κ1) is 20.7. The predicted octanol–water partition coefficient (Wildman–Crippen LogP) is 2.18. The Bertz CT molecular complexity index is 851. The third-order valence-electron chi connectivity index (χ3n) is 4.59. The molecule has 1 aromatic carbocycles. The van der Waals surface area contributed by atoms with Gasteiger partial charge >= 0.3 is 0 Å². The van der Waals surface area contributed by atoms with Gasteiger partial charge in [0.15, 0.2) is 0 Å². The smallest absolute Gasteiger partial charge is 0.269 e. The van der Waals surface area contributed by atoms with Crippen LogP contribution < -0.4 is 10.6 Å². The van der Waals surface area contributed by atoms with Crippen LogP contribution in [0.2, 0.25) is 0 Å². The highest BCUT2D eigenvalue weighted by Crippen LogP contribution is 2.32. The third kappa shape index (κ3) is 4.35. The topological polar surface area (TPSA) is 95.6 Å². The van der Waals surface area contributed by atoms with E-state index in [1.807, 2.05) is 0 Å². The summed E-state index contributed by atoms with van der Waals surface area (Å²) in [7, 11) is -4.08. The van der Waals surface area contributed by atoms with E-state index >= 15 is 0 Å². The molecule has 1 saturated carbocycles. The Hall–Kier alpha value is -1.06. The van der Waals surface area contributed by atoms with Crippen LogP contribution in [0.5, 0.6) is 0 Å². The van der Waals surface area contributed by atoms with Gasteiger partial charge in [0.05, 0.1) is 5.56 Å². The van der Waals surface area contributed by atoms with Crippen LogP contribution in [0.3, 0.4) is 0 Å². The molecule has 0 aromatic heterocycles. The van der Waals surface area contributed by atoms with Gasteiger partial charge in [-0.05, 0) is 25.0 Å². The quantitative estimate of drug-likeness (QED) is 0.525. The number of nitrogens with zero attached hydrogens (tertiary/aromatic N) is 1. The van der Waals surface area contributed by atoms with Crippen molar-refractivity contribution in [2.24, 2.45) is 0 Å². The molecule has 2 aliphatic rings. The van der Waals surface area contributed by atoms with Gasteiger partial charge in [-0.25, -0.2) is 12.7 Å². The molecule has 0 saturated heterocycles. The summed E-state index contributed by atoms with van der Waals surface area (Å²) in [5.41, 5.74) is 0.0345. The summed E-state index contributed by atoms with van der Waals surface area (Å²) in [6.07, 6.45) is 2.84. The molecule has 1 aliphatic carbocycles. The van der Waals surface area contributed by atoms with Crippen LogP contribution in [0.25, 0.3) is 0 Å². The zero-order chi connectivity index (χ0) is 19.8. The molecular formula is C16H18Cl3N3O4S. The Morgan fingerprint density at radius 2 is 1.85 bits per heavy atom. The molecule has 2 amide bonds. The predicted molar refractivity (Wildman–Crippen MR) is 102 cm³/mol. The fraction of sp³-hybridized carbons (Fsp3) is 0.500. The van der Waals surface area contributed by atoms with Crippen LogP contribution in [-0.4, -0.2) is 47.1 Å². The van der Waals surface area contributed by atoms with E-state index in [0.717, 1.165) is 25.7 Å². The molecule has 2 N–H and O–H groups in total. The standard InChI is InChI=1S/C16H18Cl3N3O4S/c17-16(18,19)15(20-10-5-1-2-6-10)21-13(23)9-22-14(24)11-7-3-4-8-12(11)27(22,25)26/h3-4,7-8,10,15,20H,1-2,5-6,9H2,(H,21,23)/t15-/m1/s1. The van der Waals surface area contributed by atoms with E-state index in [2.05, 4.69) is 10.6 Å². The van der Waals surface area contributed by atoms with Crippen LogP contribution in [0.4, 0.5) is 0 Å². The minimum Gasteiger partial charge on any atom is -0.335 e. The van der Waals surface area contributed by atoms with E-state index in [0.29, 0.717) is 4.31 Å². The molecule has 7 nitrogen and oxygen atoms in total. The molecule has 11 heteroatoms. The van der Waals surface area contributed by atoms with Crippen molar-refractivity contribution >= 4 is 56.6 Å². The van der Waals surface area contributed by atoms with Gasteiger partial charge in [0.1, 0.15) is 17.6 Å². The lowest BCUT2D eigenvalue weighted by Gasteiger charge is -2.30. The lowest BCUT2D eigenvalue weighted by atomic mass is 10.2. The fourth-order valence-corrected chi connectivity index (χ4v) is 5.15. The number of hydrogen-bond acceptors (Lipinski definition) is 5. The van der Waals surface area contributed by atoms with Crippen LogP contribution in [0.1, 0.15) is 36.0 Å². The van der Waals surface area contributed by atoms with E-state index in [-0.39, 0.29) is 16.5 Å². The number of benzene rings is 1. The first-order valence-corrected chi connectivity index (χ1v) is 11.0. The number of alkyl halides is 3. The second-order valence-corrected chi connectivity index (χ2v) is 10.7. The SMILES string of the molecule is O=C(CN1C(=O)c2ccccc2S1(=O)=O)N[C@@H](NC1CCCC1)C(Cl)(Cl)Cl. The second kappa shape index (κ2) is 7.75. The first-order chi connectivity index (χ1) is 12.6. The van der Waals surface area contributed by atoms with Gasteiger partial charge < -0.3 is 5.32 Å². The van der Waals surface area contributed by atoms with Crippen molar-refractivity contribution in [3.63, 3.8) is 0 Å². The van der Waals surface area contributed by atoms with E-state index < -0.39 is 38.3 Å². The van der Waals surface area contributed by atoms with Gasteiger partial charge in [-0.1, -0.05) is 59.8 Å².